The largest absolute Gasteiger partial charge is 0.494 e. The van der Waals surface area contributed by atoms with Gasteiger partial charge in [-0.15, -0.1) is 0 Å². The van der Waals surface area contributed by atoms with Crippen LogP contribution in [0.4, 0.5) is 4.39 Å². The summed E-state index contributed by atoms with van der Waals surface area (Å²) in [7, 11) is 3.24. The quantitative estimate of drug-likeness (QED) is 0.894. The van der Waals surface area contributed by atoms with Gasteiger partial charge in [0.25, 0.3) is 0 Å². The van der Waals surface area contributed by atoms with Crippen molar-refractivity contribution in [3.63, 3.8) is 0 Å². The first-order valence-electron chi connectivity index (χ1n) is 6.69. The zero-order chi connectivity index (χ0) is 15.6. The van der Waals surface area contributed by atoms with E-state index in [-0.39, 0.29) is 5.75 Å². The number of aliphatic hydroxyl groups excluding tert-OH is 1. The van der Waals surface area contributed by atoms with Gasteiger partial charge < -0.3 is 9.84 Å². The molecule has 0 aliphatic heterocycles. The first kappa shape index (κ1) is 16.0. The van der Waals surface area contributed by atoms with Gasteiger partial charge in [0.05, 0.1) is 29.1 Å². The molecule has 0 aliphatic carbocycles. The lowest BCUT2D eigenvalue weighted by atomic mass is 10.0. The average molecular weight is 357 g/mol. The number of methoxy groups -OCH3 is 1. The predicted octanol–water partition coefficient (Wildman–Crippen LogP) is 3.17. The fourth-order valence-corrected chi connectivity index (χ4v) is 3.01. The number of aryl methyl sites for hydroxylation is 2. The van der Waals surface area contributed by atoms with Crippen LogP contribution in [0.3, 0.4) is 0 Å². The number of benzene rings is 1. The zero-order valence-electron chi connectivity index (χ0n) is 12.2. The highest BCUT2D eigenvalue weighted by atomic mass is 79.9. The van der Waals surface area contributed by atoms with E-state index >= 15 is 0 Å². The average Bonchev–Trinajstić information content (AvgIpc) is 2.74. The van der Waals surface area contributed by atoms with Crippen LogP contribution in [0.15, 0.2) is 22.7 Å². The second kappa shape index (κ2) is 6.58. The molecule has 0 spiro atoms. The van der Waals surface area contributed by atoms with Crippen LogP contribution in [-0.2, 0) is 19.9 Å². The van der Waals surface area contributed by atoms with E-state index in [2.05, 4.69) is 21.0 Å². The molecule has 0 radical (unpaired) electrons. The Morgan fingerprint density at radius 1 is 1.48 bits per heavy atom. The van der Waals surface area contributed by atoms with E-state index in [1.165, 1.54) is 19.2 Å². The number of hydrogen-bond acceptors (Lipinski definition) is 3. The lowest BCUT2D eigenvalue weighted by molar-refractivity contribution is 0.175. The highest BCUT2D eigenvalue weighted by Crippen LogP contribution is 2.28. The van der Waals surface area contributed by atoms with Crippen molar-refractivity contribution in [1.29, 1.82) is 0 Å². The number of rotatable bonds is 5. The number of aromatic nitrogens is 2. The van der Waals surface area contributed by atoms with Crippen LogP contribution in [-0.4, -0.2) is 22.0 Å². The van der Waals surface area contributed by atoms with Crippen molar-refractivity contribution < 1.29 is 14.2 Å². The van der Waals surface area contributed by atoms with Gasteiger partial charge in [0.1, 0.15) is 0 Å². The number of halogens is 2. The molecular weight excluding hydrogens is 339 g/mol. The molecule has 0 saturated carbocycles. The lowest BCUT2D eigenvalue weighted by Gasteiger charge is -2.13. The van der Waals surface area contributed by atoms with E-state index in [0.29, 0.717) is 12.0 Å². The highest BCUT2D eigenvalue weighted by Gasteiger charge is 2.18. The van der Waals surface area contributed by atoms with Gasteiger partial charge in [0, 0.05) is 13.5 Å². The van der Waals surface area contributed by atoms with Gasteiger partial charge in [-0.05, 0) is 40.0 Å². The minimum absolute atomic E-state index is 0.168. The predicted molar refractivity (Wildman–Crippen MR) is 81.9 cm³/mol. The Balaban J connectivity index is 2.24. The second-order valence-corrected chi connectivity index (χ2v) is 5.59. The van der Waals surface area contributed by atoms with Crippen molar-refractivity contribution in [2.24, 2.45) is 7.05 Å². The minimum atomic E-state index is -0.804. The normalized spacial score (nSPS) is 12.5. The Morgan fingerprint density at radius 3 is 2.71 bits per heavy atom. The van der Waals surface area contributed by atoms with Crippen LogP contribution in [0.5, 0.6) is 5.75 Å². The zero-order valence-corrected chi connectivity index (χ0v) is 13.8. The number of hydrogen-bond donors (Lipinski definition) is 1. The standard InChI is InChI=1S/C15H18BrFN2O2/c1-4-11-15(16)12(19(2)18-11)8-13(20)9-5-6-14(21-3)10(17)7-9/h5-7,13,20H,4,8H2,1-3H3. The van der Waals surface area contributed by atoms with Crippen LogP contribution >= 0.6 is 15.9 Å². The monoisotopic (exact) mass is 356 g/mol. The van der Waals surface area contributed by atoms with Gasteiger partial charge in [-0.25, -0.2) is 4.39 Å². The fourth-order valence-electron chi connectivity index (χ4n) is 2.23. The van der Waals surface area contributed by atoms with E-state index in [1.54, 1.807) is 10.7 Å². The van der Waals surface area contributed by atoms with Gasteiger partial charge >= 0.3 is 0 Å². The molecule has 4 nitrogen and oxygen atoms in total. The van der Waals surface area contributed by atoms with E-state index in [9.17, 15) is 9.50 Å². The summed E-state index contributed by atoms with van der Waals surface area (Å²) in [6.07, 6.45) is 0.360. The number of aliphatic hydroxyl groups is 1. The Kier molecular flexibility index (Phi) is 5.00. The van der Waals surface area contributed by atoms with Gasteiger partial charge in [-0.3, -0.25) is 4.68 Å². The molecule has 0 aliphatic rings. The van der Waals surface area contributed by atoms with Crippen molar-refractivity contribution in [2.45, 2.75) is 25.9 Å². The smallest absolute Gasteiger partial charge is 0.165 e. The summed E-state index contributed by atoms with van der Waals surface area (Å²) in [6.45, 7) is 2.02. The fraction of sp³-hybridized carbons (Fsp3) is 0.400. The van der Waals surface area contributed by atoms with Crippen molar-refractivity contribution in [2.75, 3.05) is 7.11 Å². The molecule has 2 rings (SSSR count). The molecule has 0 fully saturated rings. The summed E-state index contributed by atoms with van der Waals surface area (Å²) in [6, 6.07) is 4.48. The molecule has 114 valence electrons. The summed E-state index contributed by atoms with van der Waals surface area (Å²) in [5, 5.41) is 14.7. The van der Waals surface area contributed by atoms with Gasteiger partial charge in [-0.1, -0.05) is 13.0 Å². The minimum Gasteiger partial charge on any atom is -0.494 e. The van der Waals surface area contributed by atoms with Crippen LogP contribution in [0.25, 0.3) is 0 Å². The molecule has 1 atom stereocenters. The van der Waals surface area contributed by atoms with Crippen LogP contribution in [0.1, 0.15) is 30.0 Å². The highest BCUT2D eigenvalue weighted by molar-refractivity contribution is 9.10. The molecule has 0 amide bonds. The third kappa shape index (κ3) is 3.27. The summed E-state index contributed by atoms with van der Waals surface area (Å²) < 4.78 is 21.2. The Bertz CT molecular complexity index is 643. The molecule has 1 N–H and O–H groups in total. The first-order valence-corrected chi connectivity index (χ1v) is 7.49. The number of ether oxygens (including phenoxy) is 1. The molecule has 0 bridgehead atoms. The maximum absolute atomic E-state index is 13.7. The molecule has 1 heterocycles. The second-order valence-electron chi connectivity index (χ2n) is 4.80. The Hall–Kier alpha value is -1.40. The van der Waals surface area contributed by atoms with Gasteiger partial charge in [0.15, 0.2) is 11.6 Å². The Labute approximate surface area is 131 Å². The molecule has 2 aromatic rings. The maximum Gasteiger partial charge on any atom is 0.165 e. The van der Waals surface area contributed by atoms with Crippen molar-refractivity contribution in [3.05, 3.63) is 45.4 Å². The lowest BCUT2D eigenvalue weighted by Crippen LogP contribution is -2.07. The number of nitrogens with zero attached hydrogens (tertiary/aromatic N) is 2. The van der Waals surface area contributed by atoms with Crippen LogP contribution < -0.4 is 4.74 Å². The SMILES string of the molecule is CCc1nn(C)c(CC(O)c2ccc(OC)c(F)c2)c1Br. The van der Waals surface area contributed by atoms with Crippen molar-refractivity contribution in [1.82, 2.24) is 9.78 Å². The molecule has 1 aromatic carbocycles. The van der Waals surface area contributed by atoms with Crippen molar-refractivity contribution in [3.8, 4) is 5.75 Å². The van der Waals surface area contributed by atoms with E-state index in [4.69, 9.17) is 4.74 Å². The summed E-state index contributed by atoms with van der Waals surface area (Å²) in [5.41, 5.74) is 2.34. The molecule has 0 saturated heterocycles. The Morgan fingerprint density at radius 2 is 2.19 bits per heavy atom. The first-order chi connectivity index (χ1) is 9.97. The van der Waals surface area contributed by atoms with E-state index in [0.717, 1.165) is 22.3 Å². The molecule has 1 unspecified atom stereocenters. The van der Waals surface area contributed by atoms with Gasteiger partial charge in [-0.2, -0.15) is 5.10 Å². The van der Waals surface area contributed by atoms with Crippen LogP contribution in [0.2, 0.25) is 0 Å². The third-order valence-electron chi connectivity index (χ3n) is 3.45. The topological polar surface area (TPSA) is 47.3 Å². The third-order valence-corrected chi connectivity index (χ3v) is 4.37. The van der Waals surface area contributed by atoms with Crippen LogP contribution in [0, 0.1) is 5.82 Å². The summed E-state index contributed by atoms with van der Waals surface area (Å²) in [5.74, 6) is -0.312. The summed E-state index contributed by atoms with van der Waals surface area (Å²) >= 11 is 3.51. The molecular formula is C15H18BrFN2O2. The van der Waals surface area contributed by atoms with Gasteiger partial charge in [0.2, 0.25) is 0 Å². The van der Waals surface area contributed by atoms with E-state index in [1.807, 2.05) is 14.0 Å². The van der Waals surface area contributed by atoms with Crippen molar-refractivity contribution >= 4 is 15.9 Å². The molecule has 21 heavy (non-hydrogen) atoms. The molecule has 1 aromatic heterocycles. The summed E-state index contributed by atoms with van der Waals surface area (Å²) in [4.78, 5) is 0. The molecule has 6 heteroatoms. The maximum atomic E-state index is 13.7. The van der Waals surface area contributed by atoms with E-state index < -0.39 is 11.9 Å².